The molecule has 1 heterocycles. The topological polar surface area (TPSA) is 80.9 Å². The number of hydrogen-bond acceptors (Lipinski definition) is 4. The van der Waals surface area contributed by atoms with Gasteiger partial charge in [0.25, 0.3) is 5.91 Å². The Morgan fingerprint density at radius 2 is 2.17 bits per heavy atom. The lowest BCUT2D eigenvalue weighted by molar-refractivity contribution is 0.0936. The van der Waals surface area contributed by atoms with E-state index in [4.69, 9.17) is 18.0 Å². The Hall–Kier alpha value is -1.56. The van der Waals surface area contributed by atoms with Gasteiger partial charge in [0.2, 0.25) is 0 Å². The summed E-state index contributed by atoms with van der Waals surface area (Å²) >= 11 is 4.86. The first-order valence-corrected chi connectivity index (χ1v) is 6.25. The van der Waals surface area contributed by atoms with Crippen LogP contribution >= 0.6 is 12.2 Å². The SMILES string of the molecule is CCC(CC(N)=S)NC(=O)c1cc(C)nnc1C. The van der Waals surface area contributed by atoms with Crippen LogP contribution in [0.1, 0.15) is 41.5 Å². The number of carbonyl (C=O) groups excluding carboxylic acids is 1. The highest BCUT2D eigenvalue weighted by molar-refractivity contribution is 7.80. The van der Waals surface area contributed by atoms with Gasteiger partial charge in [0.05, 0.1) is 21.9 Å². The summed E-state index contributed by atoms with van der Waals surface area (Å²) < 4.78 is 0. The average molecular weight is 266 g/mol. The highest BCUT2D eigenvalue weighted by Crippen LogP contribution is 2.07. The molecule has 0 bridgehead atoms. The van der Waals surface area contributed by atoms with Gasteiger partial charge < -0.3 is 11.1 Å². The summed E-state index contributed by atoms with van der Waals surface area (Å²) in [5, 5.41) is 10.7. The number of amides is 1. The molecule has 1 unspecified atom stereocenters. The molecule has 0 aromatic carbocycles. The van der Waals surface area contributed by atoms with Gasteiger partial charge in [-0.25, -0.2) is 0 Å². The molecule has 1 aromatic rings. The van der Waals surface area contributed by atoms with Crippen LogP contribution in [0.4, 0.5) is 0 Å². The molecule has 0 saturated carbocycles. The summed E-state index contributed by atoms with van der Waals surface area (Å²) in [6, 6.07) is 1.69. The van der Waals surface area contributed by atoms with E-state index in [1.54, 1.807) is 19.9 Å². The van der Waals surface area contributed by atoms with Gasteiger partial charge >= 0.3 is 0 Å². The van der Waals surface area contributed by atoms with E-state index in [2.05, 4.69) is 15.5 Å². The highest BCUT2D eigenvalue weighted by Gasteiger charge is 2.15. The standard InChI is InChI=1S/C12H18N4OS/c1-4-9(6-11(13)18)14-12(17)10-5-7(2)15-16-8(10)3/h5,9H,4,6H2,1-3H3,(H2,13,18)(H,14,17). The molecule has 0 spiro atoms. The van der Waals surface area contributed by atoms with Crippen molar-refractivity contribution in [3.63, 3.8) is 0 Å². The van der Waals surface area contributed by atoms with Crippen molar-refractivity contribution >= 4 is 23.1 Å². The Bertz CT molecular complexity index is 461. The number of nitrogens with one attached hydrogen (secondary N) is 1. The molecular formula is C12H18N4OS. The first-order chi connectivity index (χ1) is 8.43. The van der Waals surface area contributed by atoms with Crippen molar-refractivity contribution in [2.24, 2.45) is 5.73 Å². The van der Waals surface area contributed by atoms with Crippen molar-refractivity contribution in [2.45, 2.75) is 39.7 Å². The fourth-order valence-corrected chi connectivity index (χ4v) is 1.78. The lowest BCUT2D eigenvalue weighted by Gasteiger charge is -2.16. The number of nitrogens with two attached hydrogens (primary N) is 1. The maximum Gasteiger partial charge on any atom is 0.253 e. The molecule has 0 aliphatic rings. The molecule has 0 fully saturated rings. The number of rotatable bonds is 5. The second-order valence-corrected chi connectivity index (χ2v) is 4.76. The maximum atomic E-state index is 12.1. The van der Waals surface area contributed by atoms with Crippen LogP contribution in [0.2, 0.25) is 0 Å². The smallest absolute Gasteiger partial charge is 0.253 e. The molecule has 0 saturated heterocycles. The van der Waals surface area contributed by atoms with E-state index in [0.717, 1.165) is 6.42 Å². The van der Waals surface area contributed by atoms with E-state index < -0.39 is 0 Å². The molecular weight excluding hydrogens is 248 g/mol. The van der Waals surface area contributed by atoms with Crippen LogP contribution in [0.15, 0.2) is 6.07 Å². The lowest BCUT2D eigenvalue weighted by atomic mass is 10.1. The van der Waals surface area contributed by atoms with E-state index in [9.17, 15) is 4.79 Å². The predicted octanol–water partition coefficient (Wildman–Crippen LogP) is 1.28. The Morgan fingerprint density at radius 1 is 1.50 bits per heavy atom. The molecule has 0 aliphatic heterocycles. The molecule has 0 radical (unpaired) electrons. The van der Waals surface area contributed by atoms with Gasteiger partial charge in [0, 0.05) is 12.5 Å². The normalized spacial score (nSPS) is 11.9. The third-order valence-electron chi connectivity index (χ3n) is 2.62. The third-order valence-corrected chi connectivity index (χ3v) is 2.79. The van der Waals surface area contributed by atoms with Gasteiger partial charge in [-0.05, 0) is 26.3 Å². The molecule has 1 amide bonds. The Balaban J connectivity index is 2.80. The number of hydrogen-bond donors (Lipinski definition) is 2. The quantitative estimate of drug-likeness (QED) is 0.785. The molecule has 0 aliphatic carbocycles. The van der Waals surface area contributed by atoms with E-state index in [1.807, 2.05) is 6.92 Å². The maximum absolute atomic E-state index is 12.1. The molecule has 1 rings (SSSR count). The van der Waals surface area contributed by atoms with Crippen LogP contribution in [-0.2, 0) is 0 Å². The van der Waals surface area contributed by atoms with Crippen LogP contribution in [0.25, 0.3) is 0 Å². The molecule has 1 aromatic heterocycles. The molecule has 98 valence electrons. The fourth-order valence-electron chi connectivity index (χ4n) is 1.58. The van der Waals surface area contributed by atoms with Crippen molar-refractivity contribution < 1.29 is 4.79 Å². The van der Waals surface area contributed by atoms with Gasteiger partial charge in [-0.1, -0.05) is 19.1 Å². The van der Waals surface area contributed by atoms with E-state index >= 15 is 0 Å². The van der Waals surface area contributed by atoms with Crippen LogP contribution in [0, 0.1) is 13.8 Å². The Kier molecular flexibility index (Phi) is 5.15. The van der Waals surface area contributed by atoms with Gasteiger partial charge in [-0.2, -0.15) is 10.2 Å². The Morgan fingerprint density at radius 3 is 2.72 bits per heavy atom. The van der Waals surface area contributed by atoms with Crippen molar-refractivity contribution in [2.75, 3.05) is 0 Å². The van der Waals surface area contributed by atoms with Gasteiger partial charge in [-0.15, -0.1) is 0 Å². The van der Waals surface area contributed by atoms with Crippen LogP contribution < -0.4 is 11.1 Å². The van der Waals surface area contributed by atoms with Crippen LogP contribution in [0.5, 0.6) is 0 Å². The summed E-state index contributed by atoms with van der Waals surface area (Å²) in [6.07, 6.45) is 1.29. The van der Waals surface area contributed by atoms with Crippen molar-refractivity contribution in [3.8, 4) is 0 Å². The van der Waals surface area contributed by atoms with E-state index in [1.165, 1.54) is 0 Å². The summed E-state index contributed by atoms with van der Waals surface area (Å²) in [6.45, 7) is 5.54. The number of nitrogens with zero attached hydrogens (tertiary/aromatic N) is 2. The van der Waals surface area contributed by atoms with E-state index in [0.29, 0.717) is 28.4 Å². The number of carbonyl (C=O) groups is 1. The van der Waals surface area contributed by atoms with Gasteiger partial charge in [0.15, 0.2) is 0 Å². The minimum atomic E-state index is -0.159. The largest absolute Gasteiger partial charge is 0.393 e. The van der Waals surface area contributed by atoms with Crippen molar-refractivity contribution in [1.29, 1.82) is 0 Å². The summed E-state index contributed by atoms with van der Waals surface area (Å²) in [7, 11) is 0. The van der Waals surface area contributed by atoms with Gasteiger partial charge in [-0.3, -0.25) is 4.79 Å². The predicted molar refractivity (Wildman–Crippen MR) is 74.5 cm³/mol. The van der Waals surface area contributed by atoms with Crippen molar-refractivity contribution in [3.05, 3.63) is 23.0 Å². The minimum Gasteiger partial charge on any atom is -0.393 e. The van der Waals surface area contributed by atoms with E-state index in [-0.39, 0.29) is 11.9 Å². The first-order valence-electron chi connectivity index (χ1n) is 5.84. The molecule has 3 N–H and O–H groups in total. The van der Waals surface area contributed by atoms with Crippen molar-refractivity contribution in [1.82, 2.24) is 15.5 Å². The zero-order chi connectivity index (χ0) is 13.7. The van der Waals surface area contributed by atoms with Crippen LogP contribution in [0.3, 0.4) is 0 Å². The minimum absolute atomic E-state index is 0.0390. The van der Waals surface area contributed by atoms with Crippen LogP contribution in [-0.4, -0.2) is 27.1 Å². The summed E-state index contributed by atoms with van der Waals surface area (Å²) in [5.74, 6) is -0.159. The number of aryl methyl sites for hydroxylation is 2. The molecule has 1 atom stereocenters. The molecule has 18 heavy (non-hydrogen) atoms. The summed E-state index contributed by atoms with van der Waals surface area (Å²) in [5.41, 5.74) is 7.37. The second-order valence-electron chi connectivity index (χ2n) is 4.23. The molecule has 6 heteroatoms. The zero-order valence-corrected chi connectivity index (χ0v) is 11.7. The third kappa shape index (κ3) is 4.03. The lowest BCUT2D eigenvalue weighted by Crippen LogP contribution is -2.37. The molecule has 5 nitrogen and oxygen atoms in total. The monoisotopic (exact) mass is 266 g/mol. The number of thiocarbonyl (C=S) groups is 1. The zero-order valence-electron chi connectivity index (χ0n) is 10.9. The highest BCUT2D eigenvalue weighted by atomic mass is 32.1. The van der Waals surface area contributed by atoms with Gasteiger partial charge in [0.1, 0.15) is 0 Å². The first kappa shape index (κ1) is 14.5. The number of aromatic nitrogens is 2. The second kappa shape index (κ2) is 6.39. The summed E-state index contributed by atoms with van der Waals surface area (Å²) in [4.78, 5) is 12.5. The average Bonchev–Trinajstić information content (AvgIpc) is 2.30. The Labute approximate surface area is 112 Å². The fraction of sp³-hybridized carbons (Fsp3) is 0.500.